The lowest BCUT2D eigenvalue weighted by Crippen LogP contribution is -2.49. The molecule has 6 rings (SSSR count). The molecule has 8 nitrogen and oxygen atoms in total. The Hall–Kier alpha value is -3.47. The molecule has 0 unspecified atom stereocenters. The van der Waals surface area contributed by atoms with Gasteiger partial charge in [-0.25, -0.2) is 18.1 Å². The summed E-state index contributed by atoms with van der Waals surface area (Å²) in [6, 6.07) is 14.0. The number of carbonyl (C=O) groups is 1. The first-order valence-electron chi connectivity index (χ1n) is 16.3. The maximum atomic E-state index is 15.2. The highest BCUT2D eigenvalue weighted by atomic mass is 35.5. The van der Waals surface area contributed by atoms with Gasteiger partial charge in [-0.05, 0) is 111 Å². The van der Waals surface area contributed by atoms with Crippen LogP contribution in [0.25, 0.3) is 0 Å². The summed E-state index contributed by atoms with van der Waals surface area (Å²) in [7, 11) is -4.05. The van der Waals surface area contributed by atoms with Crippen molar-refractivity contribution in [3.05, 3.63) is 100 Å². The molecular formula is C36H41ClFN3O5S. The molecule has 0 saturated heterocycles. The Morgan fingerprint density at radius 1 is 1.11 bits per heavy atom. The lowest BCUT2D eigenvalue weighted by Gasteiger charge is -2.48. The number of aliphatic hydroxyl groups is 1. The molecule has 2 aliphatic heterocycles. The van der Waals surface area contributed by atoms with Gasteiger partial charge in [0.25, 0.3) is 5.91 Å². The number of amides is 1. The van der Waals surface area contributed by atoms with Crippen LogP contribution < -0.4 is 14.4 Å². The van der Waals surface area contributed by atoms with Crippen molar-refractivity contribution in [2.45, 2.75) is 69.8 Å². The van der Waals surface area contributed by atoms with Gasteiger partial charge in [-0.1, -0.05) is 36.7 Å². The average Bonchev–Trinajstić information content (AvgIpc) is 3.05. The molecule has 1 saturated carbocycles. The van der Waals surface area contributed by atoms with E-state index in [2.05, 4.69) is 14.6 Å². The molecule has 2 N–H and O–H groups in total. The topological polar surface area (TPSA) is 109 Å². The molecule has 2 bridgehead atoms. The van der Waals surface area contributed by atoms with Crippen molar-refractivity contribution < 1.29 is 27.4 Å². The second kappa shape index (κ2) is 13.6. The predicted molar refractivity (Wildman–Crippen MR) is 180 cm³/mol. The van der Waals surface area contributed by atoms with Crippen LogP contribution in [0.2, 0.25) is 5.02 Å². The van der Waals surface area contributed by atoms with Crippen molar-refractivity contribution in [2.24, 2.45) is 17.8 Å². The Morgan fingerprint density at radius 2 is 1.94 bits per heavy atom. The summed E-state index contributed by atoms with van der Waals surface area (Å²) >= 11 is 6.33. The number of hydrogen-bond acceptors (Lipinski definition) is 7. The number of rotatable bonds is 1. The van der Waals surface area contributed by atoms with E-state index in [0.29, 0.717) is 49.0 Å². The van der Waals surface area contributed by atoms with Crippen LogP contribution in [0.4, 0.5) is 10.1 Å². The summed E-state index contributed by atoms with van der Waals surface area (Å²) in [5.41, 5.74) is 1.47. The van der Waals surface area contributed by atoms with Crippen molar-refractivity contribution >= 4 is 33.2 Å². The third-order valence-electron chi connectivity index (χ3n) is 10.3. The zero-order valence-corrected chi connectivity index (χ0v) is 28.2. The van der Waals surface area contributed by atoms with Gasteiger partial charge in [0.2, 0.25) is 16.0 Å². The Labute approximate surface area is 281 Å². The number of hydrogen-bond donors (Lipinski definition) is 2. The largest absolute Gasteiger partial charge is 0.487 e. The third kappa shape index (κ3) is 6.91. The predicted octanol–water partition coefficient (Wildman–Crippen LogP) is 6.55. The van der Waals surface area contributed by atoms with E-state index in [-0.39, 0.29) is 23.0 Å². The molecule has 1 fully saturated rings. The normalized spacial score (nSPS) is 28.7. The van der Waals surface area contributed by atoms with Crippen molar-refractivity contribution in [3.8, 4) is 5.75 Å². The molecule has 2 aromatic carbocycles. The third-order valence-corrected chi connectivity index (χ3v) is 12.4. The number of fused-ring (bicyclic) bond motifs is 3. The van der Waals surface area contributed by atoms with Gasteiger partial charge in [-0.15, -0.1) is 0 Å². The number of sulfonamides is 1. The number of pyridine rings is 1. The van der Waals surface area contributed by atoms with E-state index in [0.717, 1.165) is 36.8 Å². The van der Waals surface area contributed by atoms with E-state index in [4.69, 9.17) is 16.3 Å². The first-order valence-corrected chi connectivity index (χ1v) is 18.2. The fourth-order valence-corrected chi connectivity index (χ4v) is 8.55. The minimum atomic E-state index is -4.05. The molecule has 1 aliphatic carbocycles. The fraction of sp³-hybridized carbons (Fsp3) is 0.444. The van der Waals surface area contributed by atoms with E-state index in [1.54, 1.807) is 56.3 Å². The van der Waals surface area contributed by atoms with Gasteiger partial charge in [0.05, 0.1) is 10.9 Å². The molecule has 47 heavy (non-hydrogen) atoms. The summed E-state index contributed by atoms with van der Waals surface area (Å²) in [6.07, 6.45) is 9.04. The SMILES string of the molecule is C[C@@H]1[C@@H](C)C/C=C/[C@@](O)(c2cccnc2F)[C@@H]2CC[C@H]2CN2CCCCc3cc(Cl)ccc3COc3ccc(cc32)C(=O)NS1(=O)=O. The molecule has 3 heterocycles. The molecule has 0 radical (unpaired) electrons. The van der Waals surface area contributed by atoms with E-state index in [1.807, 2.05) is 18.2 Å². The van der Waals surface area contributed by atoms with Crippen molar-refractivity contribution in [2.75, 3.05) is 18.0 Å². The van der Waals surface area contributed by atoms with Crippen LogP contribution in [-0.2, 0) is 28.7 Å². The number of anilines is 1. The van der Waals surface area contributed by atoms with Crippen molar-refractivity contribution in [1.82, 2.24) is 9.71 Å². The molecular weight excluding hydrogens is 641 g/mol. The maximum Gasteiger partial charge on any atom is 0.264 e. The van der Waals surface area contributed by atoms with E-state index in [1.165, 1.54) is 6.20 Å². The lowest BCUT2D eigenvalue weighted by molar-refractivity contribution is -0.0524. The summed E-state index contributed by atoms with van der Waals surface area (Å²) in [5, 5.41) is 12.1. The number of aromatic nitrogens is 1. The number of halogens is 2. The highest BCUT2D eigenvalue weighted by Crippen LogP contribution is 2.49. The van der Waals surface area contributed by atoms with Crippen molar-refractivity contribution in [3.63, 3.8) is 0 Å². The molecule has 1 aromatic heterocycles. The molecule has 0 spiro atoms. The Balaban J connectivity index is 1.44. The number of allylic oxidation sites excluding steroid dienone is 1. The maximum absolute atomic E-state index is 15.2. The van der Waals surface area contributed by atoms with Gasteiger partial charge in [0.1, 0.15) is 18.0 Å². The smallest absolute Gasteiger partial charge is 0.264 e. The minimum Gasteiger partial charge on any atom is -0.487 e. The zero-order valence-electron chi connectivity index (χ0n) is 26.7. The van der Waals surface area contributed by atoms with Gasteiger partial charge in [0.15, 0.2) is 0 Å². The quantitative estimate of drug-likeness (QED) is 0.221. The fourth-order valence-electron chi connectivity index (χ4n) is 7.07. The molecule has 5 atom stereocenters. The zero-order chi connectivity index (χ0) is 33.3. The second-order valence-corrected chi connectivity index (χ2v) is 15.7. The lowest BCUT2D eigenvalue weighted by atomic mass is 9.62. The van der Waals surface area contributed by atoms with Gasteiger partial charge in [-0.2, -0.15) is 4.39 Å². The van der Waals surface area contributed by atoms with Crippen LogP contribution in [0.1, 0.15) is 73.0 Å². The molecule has 1 amide bonds. The van der Waals surface area contributed by atoms with Gasteiger partial charge in [0, 0.05) is 41.4 Å². The number of benzene rings is 2. The number of carbonyl (C=O) groups excluding carboxylic acids is 1. The summed E-state index contributed by atoms with van der Waals surface area (Å²) < 4.78 is 50.7. The van der Waals surface area contributed by atoms with Crippen molar-refractivity contribution in [1.29, 1.82) is 0 Å². The van der Waals surface area contributed by atoms with E-state index in [9.17, 15) is 18.3 Å². The number of ether oxygens (including phenoxy) is 1. The first kappa shape index (κ1) is 33.4. The van der Waals surface area contributed by atoms with Crippen LogP contribution >= 0.6 is 11.6 Å². The standard InChI is InChI=1S/C36H41ClFN3O5S/c1-23-7-5-16-36(43,31-9-6-17-39-34(31)38)30-14-11-27(30)21-41-18-4-3-8-25-19-29(37)13-10-28(25)22-46-33-15-12-26(20-32(33)41)35(42)40-47(44,45)24(23)2/h5-6,9-10,12-13,15-17,19-20,23-24,27,30,43H,3-4,7-8,11,14,18,21-22H2,1-2H3,(H,40,42)/b16-5+/t23-,24+,27-,30+,36-/m0/s1. The Morgan fingerprint density at radius 3 is 2.70 bits per heavy atom. The van der Waals surface area contributed by atoms with Crippen LogP contribution in [-0.4, -0.2) is 42.8 Å². The summed E-state index contributed by atoms with van der Waals surface area (Å²) in [6.45, 7) is 4.78. The van der Waals surface area contributed by atoms with Gasteiger partial charge in [-0.3, -0.25) is 4.79 Å². The highest BCUT2D eigenvalue weighted by molar-refractivity contribution is 7.90. The number of nitrogens with one attached hydrogen (secondary N) is 1. The van der Waals surface area contributed by atoms with Crippen LogP contribution in [0, 0.1) is 23.7 Å². The highest BCUT2D eigenvalue weighted by Gasteiger charge is 2.48. The van der Waals surface area contributed by atoms with Gasteiger partial charge >= 0.3 is 0 Å². The molecule has 11 heteroatoms. The molecule has 250 valence electrons. The van der Waals surface area contributed by atoms with E-state index < -0.39 is 38.6 Å². The second-order valence-electron chi connectivity index (χ2n) is 13.2. The Bertz CT molecular complexity index is 1790. The molecule has 3 aliphatic rings. The van der Waals surface area contributed by atoms with Gasteiger partial charge < -0.3 is 14.7 Å². The Kier molecular flexibility index (Phi) is 9.65. The van der Waals surface area contributed by atoms with E-state index >= 15 is 4.39 Å². The number of nitrogens with zero attached hydrogens (tertiary/aromatic N) is 2. The average molecular weight is 682 g/mol. The molecule has 3 aromatic rings. The van der Waals surface area contributed by atoms with Crippen LogP contribution in [0.15, 0.2) is 66.9 Å². The summed E-state index contributed by atoms with van der Waals surface area (Å²) in [4.78, 5) is 19.5. The number of aryl methyl sites for hydroxylation is 1. The van der Waals surface area contributed by atoms with Crippen LogP contribution in [0.3, 0.4) is 0 Å². The summed E-state index contributed by atoms with van der Waals surface area (Å²) in [5.74, 6) is -1.61. The van der Waals surface area contributed by atoms with Crippen LogP contribution in [0.5, 0.6) is 5.75 Å². The minimum absolute atomic E-state index is 0.0136. The first-order chi connectivity index (χ1) is 22.5. The monoisotopic (exact) mass is 681 g/mol.